The lowest BCUT2D eigenvalue weighted by molar-refractivity contribution is -0.127. The molecule has 3 amide bonds. The van der Waals surface area contributed by atoms with E-state index in [-0.39, 0.29) is 24.9 Å². The molecule has 4 N–H and O–H groups in total. The Morgan fingerprint density at radius 1 is 1.21 bits per heavy atom. The van der Waals surface area contributed by atoms with Gasteiger partial charge in [0, 0.05) is 7.05 Å². The Hall–Kier alpha value is -4.12. The number of likely N-dealkylation sites (N-methyl/N-ethyl adjacent to an activating group) is 1. The van der Waals surface area contributed by atoms with Gasteiger partial charge in [0.25, 0.3) is 5.91 Å². The fraction of sp³-hybridized carbons (Fsp3) is 0.304. The Bertz CT molecular complexity index is 1100. The highest BCUT2D eigenvalue weighted by Gasteiger charge is 2.49. The molecule has 11 nitrogen and oxygen atoms in total. The molecule has 0 radical (unpaired) electrons. The number of aliphatic imine (C=N–C) groups is 1. The van der Waals surface area contributed by atoms with Gasteiger partial charge in [0.05, 0.1) is 12.3 Å². The Morgan fingerprint density at radius 3 is 2.62 bits per heavy atom. The van der Waals surface area contributed by atoms with Crippen LogP contribution in [-0.2, 0) is 4.79 Å². The summed E-state index contributed by atoms with van der Waals surface area (Å²) in [7, 11) is 1.55. The molecule has 2 aromatic carbocycles. The molecule has 0 aliphatic carbocycles. The van der Waals surface area contributed by atoms with E-state index in [1.54, 1.807) is 55.3 Å². The van der Waals surface area contributed by atoms with Gasteiger partial charge in [-0.3, -0.25) is 10.1 Å². The first-order valence-corrected chi connectivity index (χ1v) is 10.7. The summed E-state index contributed by atoms with van der Waals surface area (Å²) >= 11 is 0. The van der Waals surface area contributed by atoms with Crippen molar-refractivity contribution >= 4 is 23.6 Å². The van der Waals surface area contributed by atoms with Crippen LogP contribution in [0.1, 0.15) is 12.5 Å². The zero-order valence-electron chi connectivity index (χ0n) is 18.8. The molecule has 34 heavy (non-hydrogen) atoms. The Morgan fingerprint density at radius 2 is 1.91 bits per heavy atom. The maximum absolute atomic E-state index is 12.7. The molecule has 1 fully saturated rings. The number of hydrazone groups is 1. The summed E-state index contributed by atoms with van der Waals surface area (Å²) in [4.78, 5) is 32.2. The van der Waals surface area contributed by atoms with Crippen LogP contribution in [-0.4, -0.2) is 82.1 Å². The number of nitrogens with one attached hydrogen (secondary N) is 2. The summed E-state index contributed by atoms with van der Waals surface area (Å²) in [5.41, 5.74) is 4.25. The van der Waals surface area contributed by atoms with E-state index in [1.165, 1.54) is 4.90 Å². The van der Waals surface area contributed by atoms with Crippen molar-refractivity contribution in [2.45, 2.75) is 25.2 Å². The summed E-state index contributed by atoms with van der Waals surface area (Å²) in [6.45, 7) is 1.79. The number of urea groups is 1. The second-order valence-electron chi connectivity index (χ2n) is 8.00. The molecule has 1 saturated heterocycles. The number of aliphatic hydroxyl groups is 1. The number of guanidine groups is 1. The quantitative estimate of drug-likeness (QED) is 0.348. The Balaban J connectivity index is 1.51. The third kappa shape index (κ3) is 4.94. The van der Waals surface area contributed by atoms with Crippen LogP contribution in [0.3, 0.4) is 0 Å². The van der Waals surface area contributed by atoms with Crippen molar-refractivity contribution in [3.8, 4) is 11.5 Å². The number of phenols is 1. The SMILES string of the molecule is C/C(=N\NC1=NC2C(C(=O)NC(=O)N2C)N1CC(O)COc1ccccc1)c1ccc(O)cc1. The molecule has 2 aliphatic rings. The third-order valence-corrected chi connectivity index (χ3v) is 5.56. The number of aromatic hydroxyl groups is 1. The van der Waals surface area contributed by atoms with Crippen LogP contribution in [0.5, 0.6) is 11.5 Å². The normalized spacial score (nSPS) is 21.0. The van der Waals surface area contributed by atoms with Crippen molar-refractivity contribution in [1.29, 1.82) is 0 Å². The molecule has 0 bridgehead atoms. The minimum atomic E-state index is -0.955. The number of benzene rings is 2. The standard InChI is InChI=1S/C23H26N6O5/c1-14(15-8-10-16(30)11-9-15)26-27-22-24-20-19(21(32)25-23(33)28(20)2)29(22)12-17(31)13-34-18-6-4-3-5-7-18/h3-11,17,19-20,30-31H,12-13H2,1-2H3,(H,24,27)(H,25,32,33)/b26-14+. The topological polar surface area (TPSA) is 139 Å². The zero-order valence-corrected chi connectivity index (χ0v) is 18.8. The van der Waals surface area contributed by atoms with Gasteiger partial charge in [-0.05, 0) is 48.9 Å². The van der Waals surface area contributed by atoms with Gasteiger partial charge < -0.3 is 24.7 Å². The molecule has 3 atom stereocenters. The van der Waals surface area contributed by atoms with Gasteiger partial charge in [-0.1, -0.05) is 18.2 Å². The van der Waals surface area contributed by atoms with E-state index in [4.69, 9.17) is 4.74 Å². The number of fused-ring (bicyclic) bond motifs is 1. The van der Waals surface area contributed by atoms with E-state index in [0.717, 1.165) is 5.56 Å². The molecule has 0 aromatic heterocycles. The van der Waals surface area contributed by atoms with E-state index in [1.807, 2.05) is 18.2 Å². The largest absolute Gasteiger partial charge is 0.508 e. The predicted octanol–water partition coefficient (Wildman–Crippen LogP) is 0.694. The summed E-state index contributed by atoms with van der Waals surface area (Å²) in [5, 5.41) is 26.8. The van der Waals surface area contributed by atoms with E-state index >= 15 is 0 Å². The highest BCUT2D eigenvalue weighted by molar-refractivity contribution is 6.04. The van der Waals surface area contributed by atoms with Gasteiger partial charge in [-0.15, -0.1) is 0 Å². The van der Waals surface area contributed by atoms with Gasteiger partial charge in [-0.2, -0.15) is 5.10 Å². The number of ether oxygens (including phenoxy) is 1. The number of carbonyl (C=O) groups is 2. The zero-order chi connectivity index (χ0) is 24.2. The minimum Gasteiger partial charge on any atom is -0.508 e. The lowest BCUT2D eigenvalue weighted by Gasteiger charge is -2.36. The molecular weight excluding hydrogens is 440 g/mol. The number of hydrogen-bond donors (Lipinski definition) is 4. The van der Waals surface area contributed by atoms with Crippen molar-refractivity contribution < 1.29 is 24.5 Å². The number of nitrogens with zero attached hydrogens (tertiary/aromatic N) is 4. The van der Waals surface area contributed by atoms with Gasteiger partial charge >= 0.3 is 6.03 Å². The molecule has 11 heteroatoms. The first-order chi connectivity index (χ1) is 16.3. The second-order valence-corrected chi connectivity index (χ2v) is 8.00. The number of aliphatic hydroxyl groups excluding tert-OH is 1. The summed E-state index contributed by atoms with van der Waals surface area (Å²) in [6, 6.07) is 14.2. The van der Waals surface area contributed by atoms with Crippen molar-refractivity contribution in [1.82, 2.24) is 20.5 Å². The molecule has 3 unspecified atom stereocenters. The van der Waals surface area contributed by atoms with Crippen molar-refractivity contribution in [2.75, 3.05) is 20.2 Å². The van der Waals surface area contributed by atoms with Crippen LogP contribution < -0.4 is 15.5 Å². The van der Waals surface area contributed by atoms with Crippen LogP contribution in [0.25, 0.3) is 0 Å². The van der Waals surface area contributed by atoms with E-state index in [9.17, 15) is 19.8 Å². The molecule has 2 aliphatic heterocycles. The van der Waals surface area contributed by atoms with Gasteiger partial charge in [0.1, 0.15) is 24.2 Å². The molecule has 4 rings (SSSR count). The fourth-order valence-electron chi connectivity index (χ4n) is 3.71. The highest BCUT2D eigenvalue weighted by atomic mass is 16.5. The first-order valence-electron chi connectivity index (χ1n) is 10.7. The third-order valence-electron chi connectivity index (χ3n) is 5.56. The maximum atomic E-state index is 12.7. The van der Waals surface area contributed by atoms with E-state index in [0.29, 0.717) is 11.5 Å². The monoisotopic (exact) mass is 466 g/mol. The fourth-order valence-corrected chi connectivity index (χ4v) is 3.71. The van der Waals surface area contributed by atoms with Crippen LogP contribution in [0.4, 0.5) is 4.79 Å². The molecule has 178 valence electrons. The van der Waals surface area contributed by atoms with Gasteiger partial charge in [0.15, 0.2) is 12.2 Å². The molecule has 0 saturated carbocycles. The lowest BCUT2D eigenvalue weighted by atomic mass is 10.1. The van der Waals surface area contributed by atoms with Gasteiger partial charge in [-0.25, -0.2) is 15.2 Å². The van der Waals surface area contributed by atoms with Crippen molar-refractivity contribution in [3.05, 3.63) is 60.2 Å². The van der Waals surface area contributed by atoms with Crippen LogP contribution in [0, 0.1) is 0 Å². The number of carbonyl (C=O) groups excluding carboxylic acids is 2. The number of amides is 3. The maximum Gasteiger partial charge on any atom is 0.325 e. The summed E-state index contributed by atoms with van der Waals surface area (Å²) < 4.78 is 5.63. The smallest absolute Gasteiger partial charge is 0.325 e. The molecule has 2 aromatic rings. The van der Waals surface area contributed by atoms with Crippen LogP contribution >= 0.6 is 0 Å². The molecule has 0 spiro atoms. The Labute approximate surface area is 196 Å². The van der Waals surface area contributed by atoms with E-state index in [2.05, 4.69) is 20.8 Å². The van der Waals surface area contributed by atoms with Crippen molar-refractivity contribution in [2.24, 2.45) is 10.1 Å². The first kappa shape index (κ1) is 23.1. The number of β-amino-alcohol motifs (C(OH)–C–C–N with tert-alkyl or cyclic N) is 1. The second kappa shape index (κ2) is 9.79. The number of phenolic OH excluding ortho intramolecular Hbond substituents is 1. The lowest BCUT2D eigenvalue weighted by Crippen LogP contribution is -2.64. The van der Waals surface area contributed by atoms with Crippen LogP contribution in [0.15, 0.2) is 64.7 Å². The Kier molecular flexibility index (Phi) is 6.64. The number of rotatable bonds is 7. The van der Waals surface area contributed by atoms with E-state index < -0.39 is 30.2 Å². The predicted molar refractivity (Wildman–Crippen MR) is 124 cm³/mol. The number of para-hydroxylation sites is 1. The molecular formula is C23H26N6O5. The summed E-state index contributed by atoms with van der Waals surface area (Å²) in [5.74, 6) is 0.487. The van der Waals surface area contributed by atoms with Crippen LogP contribution in [0.2, 0.25) is 0 Å². The van der Waals surface area contributed by atoms with Crippen molar-refractivity contribution in [3.63, 3.8) is 0 Å². The average Bonchev–Trinajstić information content (AvgIpc) is 3.19. The minimum absolute atomic E-state index is 0.00261. The average molecular weight is 466 g/mol. The number of imide groups is 1. The van der Waals surface area contributed by atoms with Gasteiger partial charge in [0.2, 0.25) is 5.96 Å². The highest BCUT2D eigenvalue weighted by Crippen LogP contribution is 2.24. The number of hydrogen-bond acceptors (Lipinski definition) is 9. The molecule has 2 heterocycles. The summed E-state index contributed by atoms with van der Waals surface area (Å²) in [6.07, 6.45) is -1.72.